The number of hydrogen-bond donors (Lipinski definition) is 0. The Kier molecular flexibility index (Phi) is 0.988. The van der Waals surface area contributed by atoms with E-state index in [0.717, 1.165) is 29.6 Å². The van der Waals surface area contributed by atoms with Crippen LogP contribution in [0.4, 0.5) is 0 Å². The molecule has 0 saturated heterocycles. The van der Waals surface area contributed by atoms with E-state index in [4.69, 9.17) is 0 Å². The van der Waals surface area contributed by atoms with Crippen molar-refractivity contribution < 1.29 is 0 Å². The molecule has 1 saturated carbocycles. The van der Waals surface area contributed by atoms with Crippen molar-refractivity contribution in [1.29, 1.82) is 0 Å². The minimum Gasteiger partial charge on any atom is -0.0851 e. The van der Waals surface area contributed by atoms with Crippen LogP contribution < -0.4 is 0 Å². The Balaban J connectivity index is 2.02. The number of hydrogen-bond acceptors (Lipinski definition) is 0. The molecule has 1 fully saturated rings. The molecule has 58 valence electrons. The highest BCUT2D eigenvalue weighted by Gasteiger charge is 2.47. The molecule has 0 heterocycles. The van der Waals surface area contributed by atoms with Crippen molar-refractivity contribution in [2.45, 2.75) is 13.3 Å². The summed E-state index contributed by atoms with van der Waals surface area (Å²) < 4.78 is 0. The van der Waals surface area contributed by atoms with Crippen LogP contribution in [0.3, 0.4) is 0 Å². The second-order valence-corrected chi connectivity index (χ2v) is 4.35. The Morgan fingerprint density at radius 3 is 2.64 bits per heavy atom. The van der Waals surface area contributed by atoms with Crippen molar-refractivity contribution in [3.05, 3.63) is 24.3 Å². The van der Waals surface area contributed by atoms with E-state index in [2.05, 4.69) is 31.2 Å². The van der Waals surface area contributed by atoms with Crippen LogP contribution in [0.15, 0.2) is 24.3 Å². The predicted octanol–water partition coefficient (Wildman–Crippen LogP) is 2.63. The third-order valence-corrected chi connectivity index (χ3v) is 3.83. The topological polar surface area (TPSA) is 0 Å². The number of rotatable bonds is 0. The quantitative estimate of drug-likeness (QED) is 0.461. The summed E-state index contributed by atoms with van der Waals surface area (Å²) in [4.78, 5) is 0. The average Bonchev–Trinajstić information content (AvgIpc) is 2.60. The van der Waals surface area contributed by atoms with Crippen LogP contribution >= 0.6 is 0 Å². The molecule has 0 aliphatic heterocycles. The Labute approximate surface area is 68.0 Å². The molecular formula is C11H14. The molecule has 5 atom stereocenters. The first-order chi connectivity index (χ1) is 5.36. The van der Waals surface area contributed by atoms with Gasteiger partial charge in [0.15, 0.2) is 0 Å². The highest BCUT2D eigenvalue weighted by Crippen LogP contribution is 2.54. The maximum atomic E-state index is 2.46. The second-order valence-electron chi connectivity index (χ2n) is 4.35. The Morgan fingerprint density at radius 1 is 1.00 bits per heavy atom. The number of allylic oxidation sites excluding steroid dienone is 4. The zero-order valence-electron chi connectivity index (χ0n) is 6.90. The molecule has 0 aromatic carbocycles. The summed E-state index contributed by atoms with van der Waals surface area (Å²) in [6.07, 6.45) is 11.2. The van der Waals surface area contributed by atoms with E-state index in [-0.39, 0.29) is 0 Å². The lowest BCUT2D eigenvalue weighted by molar-refractivity contribution is 0.326. The highest BCUT2D eigenvalue weighted by atomic mass is 14.5. The van der Waals surface area contributed by atoms with Gasteiger partial charge in [-0.25, -0.2) is 0 Å². The summed E-state index contributed by atoms with van der Waals surface area (Å²) in [5.74, 6) is 4.58. The van der Waals surface area contributed by atoms with Gasteiger partial charge in [-0.2, -0.15) is 0 Å². The van der Waals surface area contributed by atoms with E-state index in [9.17, 15) is 0 Å². The first kappa shape index (κ1) is 6.05. The van der Waals surface area contributed by atoms with E-state index < -0.39 is 0 Å². The third-order valence-electron chi connectivity index (χ3n) is 3.83. The summed E-state index contributed by atoms with van der Waals surface area (Å²) in [6, 6.07) is 0. The Bertz CT molecular complexity index is 236. The van der Waals surface area contributed by atoms with Gasteiger partial charge in [0.2, 0.25) is 0 Å². The minimum atomic E-state index is 0.847. The molecule has 0 unspecified atom stereocenters. The second kappa shape index (κ2) is 1.80. The molecular weight excluding hydrogens is 132 g/mol. The van der Waals surface area contributed by atoms with Gasteiger partial charge in [0.05, 0.1) is 0 Å². The molecule has 3 aliphatic rings. The molecule has 0 nitrogen and oxygen atoms in total. The number of fused-ring (bicyclic) bond motifs is 5. The van der Waals surface area contributed by atoms with Crippen LogP contribution in [-0.2, 0) is 0 Å². The monoisotopic (exact) mass is 146 g/mol. The standard InChI is InChI=1S/C11H14/c1-7-2-5-10-8-3-4-9(6-8)11(7)10/h2-5,7-11H,6H2,1H3/t7-,8+,9-,10-,11-/m1/s1. The van der Waals surface area contributed by atoms with Crippen molar-refractivity contribution in [1.82, 2.24) is 0 Å². The largest absolute Gasteiger partial charge is 0.0851 e. The molecule has 3 aliphatic carbocycles. The molecule has 0 radical (unpaired) electrons. The van der Waals surface area contributed by atoms with E-state index in [0.29, 0.717) is 0 Å². The lowest BCUT2D eigenvalue weighted by Gasteiger charge is -2.23. The highest BCUT2D eigenvalue weighted by molar-refractivity contribution is 5.23. The SMILES string of the molecule is C[C@@H]1C=C[C@H]2[C@H]1[C@@H]1C=C[C@H]2C1. The smallest absolute Gasteiger partial charge is 0.0131 e. The fourth-order valence-electron chi connectivity index (χ4n) is 3.34. The first-order valence-electron chi connectivity index (χ1n) is 4.73. The van der Waals surface area contributed by atoms with Crippen LogP contribution in [0.25, 0.3) is 0 Å². The van der Waals surface area contributed by atoms with E-state index in [1.807, 2.05) is 0 Å². The minimum absolute atomic E-state index is 0.847. The molecule has 0 N–H and O–H groups in total. The lowest BCUT2D eigenvalue weighted by Crippen LogP contribution is -2.18. The van der Waals surface area contributed by atoms with Crippen LogP contribution in [0.1, 0.15) is 13.3 Å². The van der Waals surface area contributed by atoms with Gasteiger partial charge in [0, 0.05) is 0 Å². The van der Waals surface area contributed by atoms with Crippen LogP contribution in [0.5, 0.6) is 0 Å². The van der Waals surface area contributed by atoms with Crippen molar-refractivity contribution in [3.63, 3.8) is 0 Å². The maximum absolute atomic E-state index is 2.46. The first-order valence-corrected chi connectivity index (χ1v) is 4.73. The van der Waals surface area contributed by atoms with Gasteiger partial charge < -0.3 is 0 Å². The van der Waals surface area contributed by atoms with Gasteiger partial charge in [-0.1, -0.05) is 31.2 Å². The summed E-state index contributed by atoms with van der Waals surface area (Å²) >= 11 is 0. The Morgan fingerprint density at radius 2 is 1.82 bits per heavy atom. The zero-order valence-corrected chi connectivity index (χ0v) is 6.90. The summed E-state index contributed by atoms with van der Waals surface area (Å²) in [7, 11) is 0. The van der Waals surface area contributed by atoms with Gasteiger partial charge >= 0.3 is 0 Å². The molecule has 0 spiro atoms. The van der Waals surface area contributed by atoms with Gasteiger partial charge in [-0.15, -0.1) is 0 Å². The predicted molar refractivity (Wildman–Crippen MR) is 46.0 cm³/mol. The molecule has 3 rings (SSSR count). The van der Waals surface area contributed by atoms with Crippen LogP contribution in [0.2, 0.25) is 0 Å². The average molecular weight is 146 g/mol. The molecule has 11 heavy (non-hydrogen) atoms. The van der Waals surface area contributed by atoms with Crippen molar-refractivity contribution in [3.8, 4) is 0 Å². The van der Waals surface area contributed by atoms with Gasteiger partial charge in [0.1, 0.15) is 0 Å². The molecule has 0 amide bonds. The fourth-order valence-corrected chi connectivity index (χ4v) is 3.34. The van der Waals surface area contributed by atoms with Gasteiger partial charge in [-0.05, 0) is 36.0 Å². The Hall–Kier alpha value is -0.520. The lowest BCUT2D eigenvalue weighted by atomic mass is 9.81. The van der Waals surface area contributed by atoms with E-state index in [1.165, 1.54) is 6.42 Å². The van der Waals surface area contributed by atoms with Gasteiger partial charge in [-0.3, -0.25) is 0 Å². The maximum Gasteiger partial charge on any atom is -0.0131 e. The van der Waals surface area contributed by atoms with Crippen molar-refractivity contribution in [2.24, 2.45) is 29.6 Å². The van der Waals surface area contributed by atoms with E-state index >= 15 is 0 Å². The van der Waals surface area contributed by atoms with Crippen molar-refractivity contribution >= 4 is 0 Å². The summed E-state index contributed by atoms with van der Waals surface area (Å²) in [6.45, 7) is 2.37. The molecule has 0 heteroatoms. The fraction of sp³-hybridized carbons (Fsp3) is 0.636. The zero-order chi connectivity index (χ0) is 7.42. The molecule has 0 aromatic heterocycles. The van der Waals surface area contributed by atoms with Crippen LogP contribution in [-0.4, -0.2) is 0 Å². The summed E-state index contributed by atoms with van der Waals surface area (Å²) in [5, 5.41) is 0. The van der Waals surface area contributed by atoms with Gasteiger partial charge in [0.25, 0.3) is 0 Å². The third kappa shape index (κ3) is 0.610. The summed E-state index contributed by atoms with van der Waals surface area (Å²) in [5.41, 5.74) is 0. The normalized spacial score (nSPS) is 57.4. The van der Waals surface area contributed by atoms with Crippen LogP contribution in [0, 0.1) is 29.6 Å². The van der Waals surface area contributed by atoms with Crippen molar-refractivity contribution in [2.75, 3.05) is 0 Å². The molecule has 2 bridgehead atoms. The molecule has 0 aromatic rings. The van der Waals surface area contributed by atoms with E-state index in [1.54, 1.807) is 0 Å².